The van der Waals surface area contributed by atoms with Gasteiger partial charge in [-0.05, 0) is 24.5 Å². The summed E-state index contributed by atoms with van der Waals surface area (Å²) in [6, 6.07) is 4.29. The topological polar surface area (TPSA) is 66.5 Å². The van der Waals surface area contributed by atoms with E-state index in [4.69, 9.17) is 0 Å². The van der Waals surface area contributed by atoms with Crippen molar-refractivity contribution in [2.24, 2.45) is 5.92 Å². The molecule has 0 spiro atoms. The van der Waals surface area contributed by atoms with Gasteiger partial charge < -0.3 is 10.2 Å². The summed E-state index contributed by atoms with van der Waals surface area (Å²) >= 11 is 0. The van der Waals surface area contributed by atoms with E-state index < -0.39 is 21.7 Å². The standard InChI is InChI=1S/C14H19FN2O3S/c1-10-8-17(6-7-21(19,20)9-10)14(18)16-12-5-3-4-11(2)13(12)15/h3-5,10H,6-9H2,1-2H3,(H,16,18)/t10-/m1/s1. The number of anilines is 1. The number of nitrogens with one attached hydrogen (secondary N) is 1. The van der Waals surface area contributed by atoms with Crippen LogP contribution < -0.4 is 5.32 Å². The summed E-state index contributed by atoms with van der Waals surface area (Å²) in [5.41, 5.74) is 0.555. The molecule has 0 bridgehead atoms. The van der Waals surface area contributed by atoms with Crippen molar-refractivity contribution in [2.45, 2.75) is 13.8 Å². The Morgan fingerprint density at radius 1 is 1.43 bits per heavy atom. The van der Waals surface area contributed by atoms with Gasteiger partial charge in [0.15, 0.2) is 9.84 Å². The van der Waals surface area contributed by atoms with Crippen molar-refractivity contribution in [2.75, 3.05) is 29.9 Å². The van der Waals surface area contributed by atoms with Crippen LogP contribution in [-0.4, -0.2) is 43.9 Å². The molecule has 21 heavy (non-hydrogen) atoms. The Balaban J connectivity index is 2.11. The first kappa shape index (κ1) is 15.8. The predicted molar refractivity (Wildman–Crippen MR) is 79.5 cm³/mol. The maximum atomic E-state index is 13.9. The second-order valence-electron chi connectivity index (χ2n) is 5.53. The predicted octanol–water partition coefficient (Wildman–Crippen LogP) is 2.03. The minimum absolute atomic E-state index is 0.0545. The van der Waals surface area contributed by atoms with Gasteiger partial charge >= 0.3 is 6.03 Å². The third kappa shape index (κ3) is 3.93. The smallest absolute Gasteiger partial charge is 0.321 e. The lowest BCUT2D eigenvalue weighted by Crippen LogP contribution is -2.38. The van der Waals surface area contributed by atoms with Crippen LogP contribution >= 0.6 is 0 Å². The first-order valence-electron chi connectivity index (χ1n) is 6.80. The van der Waals surface area contributed by atoms with E-state index in [9.17, 15) is 17.6 Å². The van der Waals surface area contributed by atoms with Crippen LogP contribution in [0.25, 0.3) is 0 Å². The summed E-state index contributed by atoms with van der Waals surface area (Å²) < 4.78 is 37.3. The fourth-order valence-electron chi connectivity index (χ4n) is 2.41. The molecule has 1 aromatic carbocycles. The second kappa shape index (κ2) is 6.01. The number of rotatable bonds is 1. The lowest BCUT2D eigenvalue weighted by atomic mass is 10.2. The number of sulfone groups is 1. The highest BCUT2D eigenvalue weighted by molar-refractivity contribution is 7.91. The summed E-state index contributed by atoms with van der Waals surface area (Å²) in [6.07, 6.45) is 0. The number of hydrogen-bond acceptors (Lipinski definition) is 3. The Bertz CT molecular complexity index is 646. The van der Waals surface area contributed by atoms with Crippen LogP contribution in [0, 0.1) is 18.7 Å². The number of benzene rings is 1. The van der Waals surface area contributed by atoms with Gasteiger partial charge in [0.05, 0.1) is 17.2 Å². The molecule has 0 aliphatic carbocycles. The van der Waals surface area contributed by atoms with Gasteiger partial charge in [0.2, 0.25) is 0 Å². The van der Waals surface area contributed by atoms with E-state index in [0.717, 1.165) is 0 Å². The molecule has 0 unspecified atom stereocenters. The highest BCUT2D eigenvalue weighted by atomic mass is 32.2. The fraction of sp³-hybridized carbons (Fsp3) is 0.500. The van der Waals surface area contributed by atoms with E-state index >= 15 is 0 Å². The van der Waals surface area contributed by atoms with Gasteiger partial charge in [-0.2, -0.15) is 0 Å². The molecule has 7 heteroatoms. The highest BCUT2D eigenvalue weighted by Crippen LogP contribution is 2.18. The minimum Gasteiger partial charge on any atom is -0.323 e. The first-order valence-corrected chi connectivity index (χ1v) is 8.62. The molecule has 116 valence electrons. The second-order valence-corrected chi connectivity index (χ2v) is 7.76. The molecule has 1 saturated heterocycles. The monoisotopic (exact) mass is 314 g/mol. The summed E-state index contributed by atoms with van der Waals surface area (Å²) in [7, 11) is -3.12. The number of nitrogens with zero attached hydrogens (tertiary/aromatic N) is 1. The zero-order valence-electron chi connectivity index (χ0n) is 12.1. The van der Waals surface area contributed by atoms with Gasteiger partial charge in [-0.25, -0.2) is 17.6 Å². The molecule has 0 saturated carbocycles. The number of halogens is 1. The maximum Gasteiger partial charge on any atom is 0.321 e. The Kier molecular flexibility index (Phi) is 4.51. The number of amides is 2. The molecule has 1 aromatic rings. The van der Waals surface area contributed by atoms with Gasteiger partial charge in [-0.3, -0.25) is 0 Å². The average molecular weight is 314 g/mol. The van der Waals surface area contributed by atoms with E-state index in [-0.39, 0.29) is 29.7 Å². The number of urea groups is 1. The highest BCUT2D eigenvalue weighted by Gasteiger charge is 2.27. The molecular formula is C14H19FN2O3S. The van der Waals surface area contributed by atoms with E-state index in [0.29, 0.717) is 12.1 Å². The molecular weight excluding hydrogens is 295 g/mol. The molecule has 0 aromatic heterocycles. The van der Waals surface area contributed by atoms with Crippen LogP contribution in [-0.2, 0) is 9.84 Å². The fourth-order valence-corrected chi connectivity index (χ4v) is 4.05. The molecule has 5 nitrogen and oxygen atoms in total. The zero-order valence-corrected chi connectivity index (χ0v) is 12.9. The van der Waals surface area contributed by atoms with Gasteiger partial charge in [-0.1, -0.05) is 19.1 Å². The van der Waals surface area contributed by atoms with Gasteiger partial charge in [0.25, 0.3) is 0 Å². The SMILES string of the molecule is Cc1cccc(NC(=O)N2CCS(=O)(=O)C[C@H](C)C2)c1F. The van der Waals surface area contributed by atoms with E-state index in [1.807, 2.05) is 0 Å². The van der Waals surface area contributed by atoms with E-state index in [1.54, 1.807) is 26.0 Å². The number of hydrogen-bond donors (Lipinski definition) is 1. The van der Waals surface area contributed by atoms with Gasteiger partial charge in [0.1, 0.15) is 5.82 Å². The summed E-state index contributed by atoms with van der Waals surface area (Å²) in [5.74, 6) is -0.580. The number of aryl methyl sites for hydroxylation is 1. The lowest BCUT2D eigenvalue weighted by molar-refractivity contribution is 0.209. The molecule has 1 N–H and O–H groups in total. The molecule has 1 atom stereocenters. The van der Waals surface area contributed by atoms with Crippen molar-refractivity contribution in [1.82, 2.24) is 4.90 Å². The zero-order chi connectivity index (χ0) is 15.6. The summed E-state index contributed by atoms with van der Waals surface area (Å²) in [6.45, 7) is 3.88. The van der Waals surface area contributed by atoms with Gasteiger partial charge in [0, 0.05) is 13.1 Å². The van der Waals surface area contributed by atoms with Gasteiger partial charge in [-0.15, -0.1) is 0 Å². The molecule has 1 fully saturated rings. The third-order valence-corrected chi connectivity index (χ3v) is 5.34. The van der Waals surface area contributed by atoms with Crippen molar-refractivity contribution >= 4 is 21.6 Å². The average Bonchev–Trinajstić information content (AvgIpc) is 2.52. The van der Waals surface area contributed by atoms with Crippen molar-refractivity contribution in [3.8, 4) is 0 Å². The Hall–Kier alpha value is -1.63. The molecule has 1 aliphatic rings. The molecule has 1 heterocycles. The Labute approximate surface area is 124 Å². The minimum atomic E-state index is -3.12. The Morgan fingerprint density at radius 3 is 2.86 bits per heavy atom. The first-order chi connectivity index (χ1) is 9.78. The van der Waals surface area contributed by atoms with E-state index in [2.05, 4.69) is 5.32 Å². The molecule has 0 radical (unpaired) electrons. The van der Waals surface area contributed by atoms with Crippen molar-refractivity contribution in [1.29, 1.82) is 0 Å². The molecule has 1 aliphatic heterocycles. The van der Waals surface area contributed by atoms with Crippen molar-refractivity contribution < 1.29 is 17.6 Å². The third-order valence-electron chi connectivity index (χ3n) is 3.46. The van der Waals surface area contributed by atoms with Crippen LogP contribution in [0.5, 0.6) is 0 Å². The quantitative estimate of drug-likeness (QED) is 0.862. The maximum absolute atomic E-state index is 13.9. The van der Waals surface area contributed by atoms with Crippen LogP contribution in [0.1, 0.15) is 12.5 Å². The van der Waals surface area contributed by atoms with Crippen LogP contribution in [0.4, 0.5) is 14.9 Å². The van der Waals surface area contributed by atoms with Crippen LogP contribution in [0.15, 0.2) is 18.2 Å². The van der Waals surface area contributed by atoms with Crippen LogP contribution in [0.3, 0.4) is 0 Å². The number of carbonyl (C=O) groups is 1. The van der Waals surface area contributed by atoms with Crippen LogP contribution in [0.2, 0.25) is 0 Å². The summed E-state index contributed by atoms with van der Waals surface area (Å²) in [4.78, 5) is 13.6. The largest absolute Gasteiger partial charge is 0.323 e. The Morgan fingerprint density at radius 2 is 2.14 bits per heavy atom. The normalized spacial score (nSPS) is 21.7. The summed E-state index contributed by atoms with van der Waals surface area (Å²) in [5, 5.41) is 2.51. The van der Waals surface area contributed by atoms with Crippen molar-refractivity contribution in [3.05, 3.63) is 29.6 Å². The number of carbonyl (C=O) groups excluding carboxylic acids is 1. The van der Waals surface area contributed by atoms with Crippen molar-refractivity contribution in [3.63, 3.8) is 0 Å². The lowest BCUT2D eigenvalue weighted by Gasteiger charge is -2.22. The molecule has 2 rings (SSSR count). The molecule has 2 amide bonds. The van der Waals surface area contributed by atoms with E-state index in [1.165, 1.54) is 11.0 Å².